The molecule has 0 amide bonds. The Hall–Kier alpha value is -1.52. The fourth-order valence-corrected chi connectivity index (χ4v) is 2.53. The van der Waals surface area contributed by atoms with Crippen LogP contribution in [0.5, 0.6) is 5.75 Å². The van der Waals surface area contributed by atoms with Crippen LogP contribution in [-0.4, -0.2) is 22.0 Å². The first-order valence-corrected chi connectivity index (χ1v) is 6.65. The Morgan fingerprint density at radius 3 is 2.79 bits per heavy atom. The Kier molecular flexibility index (Phi) is 3.21. The van der Waals surface area contributed by atoms with Crippen LogP contribution in [0.15, 0.2) is 24.3 Å². The first kappa shape index (κ1) is 12.5. The Balaban J connectivity index is 2.14. The Bertz CT molecular complexity index is 605. The van der Waals surface area contributed by atoms with Gasteiger partial charge in [0.15, 0.2) is 0 Å². The van der Waals surface area contributed by atoms with E-state index >= 15 is 0 Å². The molecule has 0 radical (unpaired) electrons. The number of benzene rings is 1. The van der Waals surface area contributed by atoms with Gasteiger partial charge in [0.25, 0.3) is 0 Å². The van der Waals surface area contributed by atoms with Crippen LogP contribution in [0.2, 0.25) is 5.15 Å². The molecule has 4 nitrogen and oxygen atoms in total. The molecule has 100 valence electrons. The molecule has 0 saturated heterocycles. The molecule has 1 aromatic heterocycles. The summed E-state index contributed by atoms with van der Waals surface area (Å²) in [5, 5.41) is 14.5. The Morgan fingerprint density at radius 1 is 1.42 bits per heavy atom. The van der Waals surface area contributed by atoms with E-state index in [0.29, 0.717) is 16.8 Å². The Labute approximate surface area is 116 Å². The van der Waals surface area contributed by atoms with Crippen molar-refractivity contribution < 1.29 is 9.84 Å². The SMILES string of the molecule is COc1ccccc1-n1nc(C2CC2)c(CO)c1Cl. The lowest BCUT2D eigenvalue weighted by Crippen LogP contribution is -2.00. The predicted octanol–water partition coefficient (Wildman–Crippen LogP) is 2.90. The largest absolute Gasteiger partial charge is 0.494 e. The number of methoxy groups -OCH3 is 1. The van der Waals surface area contributed by atoms with Crippen molar-refractivity contribution in [3.05, 3.63) is 40.7 Å². The highest BCUT2D eigenvalue weighted by Crippen LogP contribution is 2.43. The highest BCUT2D eigenvalue weighted by molar-refractivity contribution is 6.30. The van der Waals surface area contributed by atoms with Crippen LogP contribution in [0.4, 0.5) is 0 Å². The highest BCUT2D eigenvalue weighted by atomic mass is 35.5. The molecule has 0 atom stereocenters. The molecular weight excluding hydrogens is 264 g/mol. The van der Waals surface area contributed by atoms with Crippen molar-refractivity contribution >= 4 is 11.6 Å². The molecular formula is C14H15ClN2O2. The van der Waals surface area contributed by atoms with Crippen molar-refractivity contribution in [1.82, 2.24) is 9.78 Å². The minimum atomic E-state index is -0.0835. The summed E-state index contributed by atoms with van der Waals surface area (Å²) in [7, 11) is 1.62. The van der Waals surface area contributed by atoms with Gasteiger partial charge in [0.2, 0.25) is 0 Å². The lowest BCUT2D eigenvalue weighted by molar-refractivity contribution is 0.280. The number of ether oxygens (including phenoxy) is 1. The summed E-state index contributed by atoms with van der Waals surface area (Å²) in [4.78, 5) is 0. The summed E-state index contributed by atoms with van der Waals surface area (Å²) in [5.41, 5.74) is 2.44. The van der Waals surface area contributed by atoms with Gasteiger partial charge in [-0.05, 0) is 25.0 Å². The molecule has 0 bridgehead atoms. The first-order chi connectivity index (χ1) is 9.26. The van der Waals surface area contributed by atoms with Crippen molar-refractivity contribution in [1.29, 1.82) is 0 Å². The molecule has 5 heteroatoms. The van der Waals surface area contributed by atoms with Crippen LogP contribution in [0.25, 0.3) is 5.69 Å². The van der Waals surface area contributed by atoms with E-state index in [2.05, 4.69) is 5.10 Å². The van der Waals surface area contributed by atoms with Crippen LogP contribution in [-0.2, 0) is 6.61 Å². The van der Waals surface area contributed by atoms with E-state index in [9.17, 15) is 5.11 Å². The molecule has 1 heterocycles. The van der Waals surface area contributed by atoms with E-state index in [1.165, 1.54) is 0 Å². The van der Waals surface area contributed by atoms with Crippen LogP contribution < -0.4 is 4.74 Å². The standard InChI is InChI=1S/C14H15ClN2O2/c1-19-12-5-3-2-4-11(12)17-14(15)10(8-18)13(16-17)9-6-7-9/h2-5,9,18H,6-8H2,1H3. The van der Waals surface area contributed by atoms with Gasteiger partial charge in [-0.2, -0.15) is 5.10 Å². The minimum Gasteiger partial charge on any atom is -0.494 e. The molecule has 1 N–H and O–H groups in total. The third-order valence-electron chi connectivity index (χ3n) is 3.39. The molecule has 1 aromatic carbocycles. The van der Waals surface area contributed by atoms with Gasteiger partial charge in [0, 0.05) is 11.5 Å². The molecule has 0 aliphatic heterocycles. The van der Waals surface area contributed by atoms with E-state index < -0.39 is 0 Å². The van der Waals surface area contributed by atoms with Gasteiger partial charge in [-0.15, -0.1) is 0 Å². The van der Waals surface area contributed by atoms with Crippen molar-refractivity contribution in [2.45, 2.75) is 25.4 Å². The van der Waals surface area contributed by atoms with Crippen molar-refractivity contribution in [2.24, 2.45) is 0 Å². The smallest absolute Gasteiger partial charge is 0.144 e. The summed E-state index contributed by atoms with van der Waals surface area (Å²) >= 11 is 6.35. The molecule has 1 aliphatic rings. The van der Waals surface area contributed by atoms with Gasteiger partial charge in [-0.25, -0.2) is 4.68 Å². The third kappa shape index (κ3) is 2.11. The second-order valence-electron chi connectivity index (χ2n) is 4.67. The monoisotopic (exact) mass is 278 g/mol. The number of aliphatic hydroxyl groups is 1. The maximum Gasteiger partial charge on any atom is 0.144 e. The second-order valence-corrected chi connectivity index (χ2v) is 5.03. The zero-order valence-electron chi connectivity index (χ0n) is 10.6. The van der Waals surface area contributed by atoms with E-state index in [1.807, 2.05) is 24.3 Å². The predicted molar refractivity (Wildman–Crippen MR) is 73.0 cm³/mol. The zero-order valence-corrected chi connectivity index (χ0v) is 11.4. The molecule has 1 fully saturated rings. The molecule has 19 heavy (non-hydrogen) atoms. The topological polar surface area (TPSA) is 47.3 Å². The van der Waals surface area contributed by atoms with Crippen LogP contribution in [0, 0.1) is 0 Å². The fraction of sp³-hybridized carbons (Fsp3) is 0.357. The van der Waals surface area contributed by atoms with E-state index in [-0.39, 0.29) is 6.61 Å². The van der Waals surface area contributed by atoms with Gasteiger partial charge >= 0.3 is 0 Å². The lowest BCUT2D eigenvalue weighted by Gasteiger charge is -2.08. The lowest BCUT2D eigenvalue weighted by atomic mass is 10.2. The molecule has 2 aromatic rings. The molecule has 3 rings (SSSR count). The number of hydrogen-bond donors (Lipinski definition) is 1. The van der Waals surface area contributed by atoms with Crippen LogP contribution in [0.3, 0.4) is 0 Å². The molecule has 0 spiro atoms. The molecule has 0 unspecified atom stereocenters. The fourth-order valence-electron chi connectivity index (χ4n) is 2.24. The number of rotatable bonds is 4. The van der Waals surface area contributed by atoms with E-state index in [0.717, 1.165) is 29.8 Å². The van der Waals surface area contributed by atoms with Gasteiger partial charge in [-0.1, -0.05) is 23.7 Å². The average Bonchev–Trinajstić information content (AvgIpc) is 3.23. The van der Waals surface area contributed by atoms with Crippen LogP contribution >= 0.6 is 11.6 Å². The van der Waals surface area contributed by atoms with Crippen molar-refractivity contribution in [3.63, 3.8) is 0 Å². The summed E-state index contributed by atoms with van der Waals surface area (Å²) in [6.07, 6.45) is 2.23. The summed E-state index contributed by atoms with van der Waals surface area (Å²) < 4.78 is 6.98. The summed E-state index contributed by atoms with van der Waals surface area (Å²) in [5.74, 6) is 1.15. The first-order valence-electron chi connectivity index (χ1n) is 6.27. The molecule has 1 aliphatic carbocycles. The number of nitrogens with zero attached hydrogens (tertiary/aromatic N) is 2. The third-order valence-corrected chi connectivity index (χ3v) is 3.78. The maximum absolute atomic E-state index is 9.49. The summed E-state index contributed by atoms with van der Waals surface area (Å²) in [6, 6.07) is 7.57. The normalized spacial score (nSPS) is 14.7. The van der Waals surface area contributed by atoms with E-state index in [1.54, 1.807) is 11.8 Å². The maximum atomic E-state index is 9.49. The highest BCUT2D eigenvalue weighted by Gasteiger charge is 2.31. The quantitative estimate of drug-likeness (QED) is 0.935. The van der Waals surface area contributed by atoms with Crippen LogP contribution in [0.1, 0.15) is 30.0 Å². The van der Waals surface area contributed by atoms with Gasteiger partial charge in [-0.3, -0.25) is 0 Å². The number of hydrogen-bond acceptors (Lipinski definition) is 3. The number of aromatic nitrogens is 2. The average molecular weight is 279 g/mol. The molecule has 1 saturated carbocycles. The zero-order chi connectivity index (χ0) is 13.4. The van der Waals surface area contributed by atoms with Gasteiger partial charge in [0.1, 0.15) is 16.6 Å². The summed E-state index contributed by atoms with van der Waals surface area (Å²) in [6.45, 7) is -0.0835. The van der Waals surface area contributed by atoms with E-state index in [4.69, 9.17) is 16.3 Å². The van der Waals surface area contributed by atoms with Crippen molar-refractivity contribution in [2.75, 3.05) is 7.11 Å². The number of aliphatic hydroxyl groups excluding tert-OH is 1. The number of para-hydroxylation sites is 2. The van der Waals surface area contributed by atoms with Gasteiger partial charge < -0.3 is 9.84 Å². The minimum absolute atomic E-state index is 0.0835. The Morgan fingerprint density at radius 2 is 2.16 bits per heavy atom. The number of halogens is 1. The van der Waals surface area contributed by atoms with Crippen molar-refractivity contribution in [3.8, 4) is 11.4 Å². The van der Waals surface area contributed by atoms with Gasteiger partial charge in [0.05, 0.1) is 19.4 Å². The second kappa shape index (κ2) is 4.87.